The molecular formula is C77H76Cl8N12O14. The molecular weight excluding hydrogens is 1600 g/mol. The van der Waals surface area contributed by atoms with Crippen molar-refractivity contribution in [3.8, 4) is 0 Å². The maximum absolute atomic E-state index is 12.7. The maximum Gasteiger partial charge on any atom is 0.328 e. The summed E-state index contributed by atoms with van der Waals surface area (Å²) in [6.07, 6.45) is 1.41. The summed E-state index contributed by atoms with van der Waals surface area (Å²) in [5.74, 6) is -5.26. The summed E-state index contributed by atoms with van der Waals surface area (Å²) in [6, 6.07) is 36.9. The predicted molar refractivity (Wildman–Crippen MR) is 428 cm³/mol. The third-order valence-corrected chi connectivity index (χ3v) is 20.2. The number of esters is 1. The quantitative estimate of drug-likeness (QED) is 0.0315. The lowest BCUT2D eigenvalue weighted by Gasteiger charge is -2.33. The van der Waals surface area contributed by atoms with E-state index in [1.807, 2.05) is 54.6 Å². The molecule has 4 aliphatic rings. The summed E-state index contributed by atoms with van der Waals surface area (Å²) < 4.78 is 4.85. The fourth-order valence-corrected chi connectivity index (χ4v) is 15.3. The molecule has 4 aliphatic heterocycles. The number of aliphatic carboxylic acids is 4. The minimum absolute atomic E-state index is 0.0630. The molecule has 26 nitrogen and oxygen atoms in total. The number of nitrogens with two attached hydrogens (primary N) is 3. The lowest BCUT2D eigenvalue weighted by Crippen LogP contribution is -2.42. The highest BCUT2D eigenvalue weighted by molar-refractivity contribution is 6.38. The van der Waals surface area contributed by atoms with Crippen LogP contribution in [0, 0.1) is 0 Å². The number of carboxylic acid groups (broad SMARTS) is 4. The Balaban J connectivity index is 0.000000171. The number of carboxylic acids is 4. The highest BCUT2D eigenvalue weighted by Gasteiger charge is 2.38. The molecule has 0 bridgehead atoms. The number of fused-ring (bicyclic) bond motifs is 4. The third kappa shape index (κ3) is 23.6. The minimum Gasteiger partial charge on any atom is -0.480 e. The van der Waals surface area contributed by atoms with E-state index in [2.05, 4.69) is 47.9 Å². The fraction of sp³-hybridized carbons (Fsp3) is 0.260. The Morgan fingerprint density at radius 1 is 0.414 bits per heavy atom. The van der Waals surface area contributed by atoms with E-state index in [4.69, 9.17) is 120 Å². The van der Waals surface area contributed by atoms with E-state index in [9.17, 15) is 58.5 Å². The number of hydrogen-bond acceptors (Lipinski definition) is 17. The van der Waals surface area contributed by atoms with Gasteiger partial charge in [-0.1, -0.05) is 184 Å². The Labute approximate surface area is 677 Å². The van der Waals surface area contributed by atoms with Crippen molar-refractivity contribution in [2.45, 2.75) is 119 Å². The normalized spacial score (nSPS) is 18.3. The first-order chi connectivity index (χ1) is 52.8. The standard InChI is InChI=1S/C21H21Cl2N3O5.C20H21Cl2N3O3.C19H19Cl2N3O3.C17H15Cl2N3O3/c22-12-7-13(23)19-15(8-12)25-17(21(30)31)9-16(19)26-18(27)6-11-3-1-10(2-4-11)5-14(24)20(28)29;1-28-20(27)17-9-16(19-14(22)7-13(21)8-15(19)24-17)25-18(26)6-11-2-4-12(10-23)5-3-11;20-12-6-13(21)18-14(7-12)23-16(19(26)27)8-15(18)24-17(25)5-10-1-3-11(9-22)4-2-10;18-9-6-11(19)15-12(7-9)21-14(16(23)24)8-13(15)22-17(25)20-10-4-2-1-3-5-10/h1-4,7-8,14,16-17,25H,5-6,9,24H2,(H,26,27)(H,28,29)(H,30,31);2-5,7-8,16-17,24H,6,9-10,23H2,1H3,(H,25,26);1-4,6-7,15-16,23H,5,8-9,22H2,(H,24,25)(H,26,27);1-7,13-14,21H,8H2,(H,23,24)(H2,20,22,25)/t14?,16-,17+;16-,17+;15-,16+;13-,14+/m0000/s1. The summed E-state index contributed by atoms with van der Waals surface area (Å²) in [7, 11) is 1.32. The van der Waals surface area contributed by atoms with Crippen molar-refractivity contribution < 1.29 is 68.3 Å². The molecule has 111 heavy (non-hydrogen) atoms. The van der Waals surface area contributed by atoms with Crippen LogP contribution in [0.1, 0.15) is 105 Å². The molecule has 0 spiro atoms. The zero-order valence-corrected chi connectivity index (χ0v) is 64.9. The van der Waals surface area contributed by atoms with Gasteiger partial charge >= 0.3 is 35.9 Å². The second-order valence-corrected chi connectivity index (χ2v) is 29.5. The highest BCUT2D eigenvalue weighted by atomic mass is 35.5. The molecule has 9 atom stereocenters. The second-order valence-electron chi connectivity index (χ2n) is 26.1. The molecule has 0 saturated carbocycles. The molecule has 12 rings (SSSR count). The molecule has 34 heteroatoms. The van der Waals surface area contributed by atoms with Gasteiger partial charge in [0.25, 0.3) is 0 Å². The Bertz CT molecular complexity index is 4770. The molecule has 0 aliphatic carbocycles. The average molecular weight is 1680 g/mol. The van der Waals surface area contributed by atoms with E-state index in [0.29, 0.717) is 110 Å². The van der Waals surface area contributed by atoms with Gasteiger partial charge in [-0.2, -0.15) is 0 Å². The van der Waals surface area contributed by atoms with Gasteiger partial charge in [-0.25, -0.2) is 24.0 Å². The van der Waals surface area contributed by atoms with Gasteiger partial charge in [0.05, 0.1) is 50.5 Å². The summed E-state index contributed by atoms with van der Waals surface area (Å²) in [4.78, 5) is 107. The van der Waals surface area contributed by atoms with Gasteiger partial charge in [0.2, 0.25) is 17.7 Å². The van der Waals surface area contributed by atoms with Gasteiger partial charge in [0.1, 0.15) is 30.2 Å². The van der Waals surface area contributed by atoms with Crippen molar-refractivity contribution in [1.29, 1.82) is 0 Å². The van der Waals surface area contributed by atoms with Crippen LogP contribution in [-0.4, -0.2) is 111 Å². The number of carbonyl (C=O) groups excluding carboxylic acids is 5. The molecule has 8 aromatic rings. The van der Waals surface area contributed by atoms with Crippen LogP contribution in [0.4, 0.5) is 33.2 Å². The zero-order chi connectivity index (χ0) is 80.5. The van der Waals surface area contributed by atoms with Crippen LogP contribution in [0.25, 0.3) is 0 Å². The van der Waals surface area contributed by atoms with Crippen molar-refractivity contribution in [3.63, 3.8) is 0 Å². The number of halogens is 8. The number of hydrogen-bond donors (Lipinski definition) is 16. The van der Waals surface area contributed by atoms with Crippen LogP contribution in [0.5, 0.6) is 0 Å². The van der Waals surface area contributed by atoms with Crippen molar-refractivity contribution in [2.75, 3.05) is 33.7 Å². The smallest absolute Gasteiger partial charge is 0.328 e. The fourth-order valence-electron chi connectivity index (χ4n) is 12.8. The number of rotatable bonds is 20. The lowest BCUT2D eigenvalue weighted by molar-refractivity contribution is -0.142. The second kappa shape index (κ2) is 39.4. The molecule has 19 N–H and O–H groups in total. The van der Waals surface area contributed by atoms with Crippen LogP contribution in [0.15, 0.2) is 152 Å². The summed E-state index contributed by atoms with van der Waals surface area (Å²) in [5.41, 5.74) is 27.2. The van der Waals surface area contributed by atoms with E-state index in [1.54, 1.807) is 97.1 Å². The maximum atomic E-state index is 12.7. The minimum atomic E-state index is -1.08. The molecule has 4 heterocycles. The largest absolute Gasteiger partial charge is 0.480 e. The monoisotopic (exact) mass is 1670 g/mol. The molecule has 8 aromatic carbocycles. The van der Waals surface area contributed by atoms with Gasteiger partial charge in [0.15, 0.2) is 0 Å². The third-order valence-electron chi connectivity index (χ3n) is 18.1. The Morgan fingerprint density at radius 2 is 0.703 bits per heavy atom. The first-order valence-electron chi connectivity index (χ1n) is 34.3. The van der Waals surface area contributed by atoms with Gasteiger partial charge < -0.3 is 90.2 Å². The Morgan fingerprint density at radius 3 is 1.00 bits per heavy atom. The van der Waals surface area contributed by atoms with Gasteiger partial charge in [-0.05, 0) is 100 Å². The number of urea groups is 1. The number of ether oxygens (including phenoxy) is 1. The van der Waals surface area contributed by atoms with Crippen LogP contribution in [0.3, 0.4) is 0 Å². The van der Waals surface area contributed by atoms with Crippen LogP contribution >= 0.6 is 92.8 Å². The van der Waals surface area contributed by atoms with E-state index < -0.39 is 90.3 Å². The topological polar surface area (TPSA) is 430 Å². The molecule has 5 amide bonds. The van der Waals surface area contributed by atoms with Crippen molar-refractivity contribution in [3.05, 3.63) is 247 Å². The number of benzene rings is 8. The number of para-hydroxylation sites is 1. The van der Waals surface area contributed by atoms with Crippen molar-refractivity contribution in [1.82, 2.24) is 21.3 Å². The summed E-state index contributed by atoms with van der Waals surface area (Å²) >= 11 is 49.4. The number of anilines is 5. The Kier molecular flexibility index (Phi) is 30.2. The van der Waals surface area contributed by atoms with Crippen molar-refractivity contribution in [2.24, 2.45) is 17.2 Å². The average Bonchev–Trinajstić information content (AvgIpc) is 0.799. The number of amides is 5. The van der Waals surface area contributed by atoms with Crippen LogP contribution in [0.2, 0.25) is 40.2 Å². The van der Waals surface area contributed by atoms with Crippen LogP contribution in [-0.2, 0) is 81.9 Å². The first-order valence-corrected chi connectivity index (χ1v) is 37.3. The van der Waals surface area contributed by atoms with Gasteiger partial charge in [0, 0.05) is 130 Å². The van der Waals surface area contributed by atoms with Crippen LogP contribution < -0.4 is 65.1 Å². The SMILES string of the molecule is COC(=O)[C@H]1C[C@H](NC(=O)Cc2ccc(CN)cc2)c2c(Cl)cc(Cl)cc2N1.NC(Cc1ccc(CC(=O)N[C@H]2C[C@H](C(=O)O)Nc3cc(Cl)cc(Cl)c32)cc1)C(=O)O.NCc1ccc(CC(=O)N[C@H]2C[C@H](C(=O)O)Nc3cc(Cl)cc(Cl)c32)cc1.O=C(Nc1ccccc1)N[C@H]1C[C@H](C(=O)O)Nc2cc(Cl)cc(Cl)c21. The predicted octanol–water partition coefficient (Wildman–Crippen LogP) is 13.1. The molecule has 0 saturated heterocycles. The molecule has 584 valence electrons. The summed E-state index contributed by atoms with van der Waals surface area (Å²) in [5, 5.41) is 66.1. The van der Waals surface area contributed by atoms with Crippen molar-refractivity contribution >= 4 is 175 Å². The molecule has 0 fully saturated rings. The summed E-state index contributed by atoms with van der Waals surface area (Å²) in [6.45, 7) is 0.893. The number of methoxy groups -OCH3 is 1. The van der Waals surface area contributed by atoms with Gasteiger partial charge in [-0.3, -0.25) is 19.2 Å². The van der Waals surface area contributed by atoms with E-state index in [0.717, 1.165) is 33.4 Å². The first kappa shape index (κ1) is 85.2. The van der Waals surface area contributed by atoms with E-state index in [-0.39, 0.29) is 62.7 Å². The number of nitrogens with one attached hydrogen (secondary N) is 9. The lowest BCUT2D eigenvalue weighted by atomic mass is 9.92. The molecule has 0 radical (unpaired) electrons. The highest BCUT2D eigenvalue weighted by Crippen LogP contribution is 2.44. The van der Waals surface area contributed by atoms with Gasteiger partial charge in [-0.15, -0.1) is 0 Å². The van der Waals surface area contributed by atoms with E-state index in [1.165, 1.54) is 7.11 Å². The zero-order valence-electron chi connectivity index (χ0n) is 58.8. The molecule has 1 unspecified atom stereocenters. The van der Waals surface area contributed by atoms with E-state index >= 15 is 0 Å². The number of carbonyl (C=O) groups is 9. The Hall–Kier alpha value is -9.81. The molecule has 0 aromatic heterocycles.